The number of likely N-dealkylation sites (tertiary alicyclic amines) is 1. The Morgan fingerprint density at radius 2 is 2.17 bits per heavy atom. The van der Waals surface area contributed by atoms with Crippen LogP contribution in [0.1, 0.15) is 57.1 Å². The lowest BCUT2D eigenvalue weighted by atomic mass is 10.2. The first-order chi connectivity index (χ1) is 11.6. The van der Waals surface area contributed by atoms with Crippen LogP contribution in [-0.4, -0.2) is 50.8 Å². The zero-order valence-electron chi connectivity index (χ0n) is 14.2. The normalized spacial score (nSPS) is 21.7. The van der Waals surface area contributed by atoms with Crippen molar-refractivity contribution in [3.8, 4) is 0 Å². The van der Waals surface area contributed by atoms with Gasteiger partial charge in [-0.15, -0.1) is 0 Å². The number of carbonyl (C=O) groups is 2. The first-order valence-electron chi connectivity index (χ1n) is 8.92. The van der Waals surface area contributed by atoms with Gasteiger partial charge in [0, 0.05) is 19.0 Å². The maximum atomic E-state index is 12.4. The van der Waals surface area contributed by atoms with E-state index in [2.05, 4.69) is 17.3 Å². The summed E-state index contributed by atoms with van der Waals surface area (Å²) in [5, 5.41) is 17.1. The SMILES string of the molecule is CCCn1ncc(NC(=O)CN2CCCCC(O)C2=O)c1C1CC1. The molecule has 2 fully saturated rings. The number of nitrogens with zero attached hydrogens (tertiary/aromatic N) is 3. The Morgan fingerprint density at radius 1 is 1.38 bits per heavy atom. The highest BCUT2D eigenvalue weighted by Crippen LogP contribution is 2.43. The Balaban J connectivity index is 1.65. The van der Waals surface area contributed by atoms with Crippen LogP contribution in [-0.2, 0) is 16.1 Å². The number of aliphatic hydroxyl groups excluding tert-OH is 1. The summed E-state index contributed by atoms with van der Waals surface area (Å²) in [7, 11) is 0. The number of nitrogens with one attached hydrogen (secondary N) is 1. The van der Waals surface area contributed by atoms with Crippen LogP contribution in [0.15, 0.2) is 6.20 Å². The molecule has 1 aromatic rings. The molecule has 0 spiro atoms. The molecule has 2 amide bonds. The molecule has 1 unspecified atom stereocenters. The second kappa shape index (κ2) is 7.34. The van der Waals surface area contributed by atoms with Gasteiger partial charge in [0.2, 0.25) is 5.91 Å². The van der Waals surface area contributed by atoms with E-state index in [1.165, 1.54) is 4.90 Å². The maximum absolute atomic E-state index is 12.4. The molecule has 2 aliphatic rings. The fourth-order valence-corrected chi connectivity index (χ4v) is 3.27. The van der Waals surface area contributed by atoms with E-state index in [4.69, 9.17) is 0 Å². The van der Waals surface area contributed by atoms with Gasteiger partial charge in [0.15, 0.2) is 0 Å². The van der Waals surface area contributed by atoms with Crippen molar-refractivity contribution in [2.45, 2.75) is 64.0 Å². The van der Waals surface area contributed by atoms with Crippen molar-refractivity contribution < 1.29 is 14.7 Å². The molecule has 1 saturated carbocycles. The first-order valence-corrected chi connectivity index (χ1v) is 8.92. The smallest absolute Gasteiger partial charge is 0.251 e. The number of aryl methyl sites for hydroxylation is 1. The second-order valence-electron chi connectivity index (χ2n) is 6.76. The molecule has 1 saturated heterocycles. The van der Waals surface area contributed by atoms with E-state index in [0.29, 0.717) is 18.9 Å². The molecule has 1 aliphatic heterocycles. The molecule has 0 bridgehead atoms. The molecule has 7 nitrogen and oxygen atoms in total. The lowest BCUT2D eigenvalue weighted by Gasteiger charge is -2.21. The number of amides is 2. The monoisotopic (exact) mass is 334 g/mol. The Morgan fingerprint density at radius 3 is 2.88 bits per heavy atom. The number of hydrogen-bond acceptors (Lipinski definition) is 4. The van der Waals surface area contributed by atoms with Crippen molar-refractivity contribution in [3.05, 3.63) is 11.9 Å². The van der Waals surface area contributed by atoms with Gasteiger partial charge in [-0.1, -0.05) is 6.92 Å². The number of rotatable bonds is 6. The third-order valence-corrected chi connectivity index (χ3v) is 4.64. The highest BCUT2D eigenvalue weighted by Gasteiger charge is 2.31. The van der Waals surface area contributed by atoms with Crippen LogP contribution < -0.4 is 5.32 Å². The number of aliphatic hydroxyl groups is 1. The summed E-state index contributed by atoms with van der Waals surface area (Å²) in [6.07, 6.45) is 6.10. The molecule has 2 N–H and O–H groups in total. The van der Waals surface area contributed by atoms with Crippen LogP contribution in [0.25, 0.3) is 0 Å². The summed E-state index contributed by atoms with van der Waals surface area (Å²) in [6, 6.07) is 0. The van der Waals surface area contributed by atoms with Gasteiger partial charge in [-0.2, -0.15) is 5.10 Å². The Kier molecular flexibility index (Phi) is 5.18. The minimum absolute atomic E-state index is 0.0149. The molecule has 1 aliphatic carbocycles. The molecule has 7 heteroatoms. The van der Waals surface area contributed by atoms with E-state index in [9.17, 15) is 14.7 Å². The zero-order chi connectivity index (χ0) is 17.1. The standard InChI is InChI=1S/C17H26N4O3/c1-2-8-21-16(12-6-7-12)13(10-18-21)19-15(23)11-20-9-4-3-5-14(22)17(20)24/h10,12,14,22H,2-9,11H2,1H3,(H,19,23). The summed E-state index contributed by atoms with van der Waals surface area (Å²) in [4.78, 5) is 25.9. The van der Waals surface area contributed by atoms with Gasteiger partial charge in [-0.25, -0.2) is 0 Å². The van der Waals surface area contributed by atoms with Gasteiger partial charge in [-0.3, -0.25) is 14.3 Å². The van der Waals surface area contributed by atoms with Crippen molar-refractivity contribution >= 4 is 17.5 Å². The largest absolute Gasteiger partial charge is 0.383 e. The van der Waals surface area contributed by atoms with Crippen molar-refractivity contribution in [2.24, 2.45) is 0 Å². The number of aromatic nitrogens is 2. The second-order valence-corrected chi connectivity index (χ2v) is 6.76. The van der Waals surface area contributed by atoms with Gasteiger partial charge in [0.1, 0.15) is 6.10 Å². The summed E-state index contributed by atoms with van der Waals surface area (Å²) in [5.74, 6) is -0.0851. The van der Waals surface area contributed by atoms with Gasteiger partial charge in [0.25, 0.3) is 5.91 Å². The van der Waals surface area contributed by atoms with Crippen LogP contribution in [0.5, 0.6) is 0 Å². The van der Waals surface area contributed by atoms with Gasteiger partial charge >= 0.3 is 0 Å². The van der Waals surface area contributed by atoms with Crippen molar-refractivity contribution in [1.29, 1.82) is 0 Å². The highest BCUT2D eigenvalue weighted by molar-refractivity contribution is 5.95. The minimum Gasteiger partial charge on any atom is -0.383 e. The van der Waals surface area contributed by atoms with Crippen LogP contribution in [0, 0.1) is 0 Å². The Labute approximate surface area is 142 Å². The van der Waals surface area contributed by atoms with E-state index >= 15 is 0 Å². The van der Waals surface area contributed by atoms with Crippen LogP contribution in [0.3, 0.4) is 0 Å². The Bertz CT molecular complexity index is 609. The molecule has 2 heterocycles. The lowest BCUT2D eigenvalue weighted by Crippen LogP contribution is -2.42. The summed E-state index contributed by atoms with van der Waals surface area (Å²) in [6.45, 7) is 3.46. The van der Waals surface area contributed by atoms with E-state index in [1.807, 2.05) is 4.68 Å². The van der Waals surface area contributed by atoms with E-state index in [0.717, 1.165) is 50.0 Å². The molecule has 132 valence electrons. The summed E-state index contributed by atoms with van der Waals surface area (Å²) < 4.78 is 1.98. The van der Waals surface area contributed by atoms with Crippen LogP contribution >= 0.6 is 0 Å². The number of carbonyl (C=O) groups excluding carboxylic acids is 2. The zero-order valence-corrected chi connectivity index (χ0v) is 14.2. The van der Waals surface area contributed by atoms with Crippen LogP contribution in [0.4, 0.5) is 5.69 Å². The fraction of sp³-hybridized carbons (Fsp3) is 0.706. The summed E-state index contributed by atoms with van der Waals surface area (Å²) >= 11 is 0. The van der Waals surface area contributed by atoms with Crippen molar-refractivity contribution in [1.82, 2.24) is 14.7 Å². The predicted octanol–water partition coefficient (Wildman–Crippen LogP) is 1.48. The topological polar surface area (TPSA) is 87.5 Å². The third-order valence-electron chi connectivity index (χ3n) is 4.64. The van der Waals surface area contributed by atoms with Crippen molar-refractivity contribution in [3.63, 3.8) is 0 Å². The van der Waals surface area contributed by atoms with E-state index < -0.39 is 6.10 Å². The lowest BCUT2D eigenvalue weighted by molar-refractivity contribution is -0.141. The molecular weight excluding hydrogens is 308 g/mol. The maximum Gasteiger partial charge on any atom is 0.251 e. The number of anilines is 1. The number of hydrogen-bond donors (Lipinski definition) is 2. The van der Waals surface area contributed by atoms with E-state index in [-0.39, 0.29) is 18.4 Å². The van der Waals surface area contributed by atoms with Gasteiger partial charge < -0.3 is 15.3 Å². The average molecular weight is 334 g/mol. The molecular formula is C17H26N4O3. The molecule has 0 radical (unpaired) electrons. The molecule has 3 rings (SSSR count). The predicted molar refractivity (Wildman–Crippen MR) is 89.6 cm³/mol. The molecule has 24 heavy (non-hydrogen) atoms. The Hall–Kier alpha value is -1.89. The molecule has 1 aromatic heterocycles. The quantitative estimate of drug-likeness (QED) is 0.825. The highest BCUT2D eigenvalue weighted by atomic mass is 16.3. The molecule has 1 atom stereocenters. The van der Waals surface area contributed by atoms with Crippen molar-refractivity contribution in [2.75, 3.05) is 18.4 Å². The minimum atomic E-state index is -0.977. The van der Waals surface area contributed by atoms with Crippen LogP contribution in [0.2, 0.25) is 0 Å². The first kappa shape index (κ1) is 17.0. The third kappa shape index (κ3) is 3.77. The van der Waals surface area contributed by atoms with Gasteiger partial charge in [-0.05, 0) is 38.5 Å². The summed E-state index contributed by atoms with van der Waals surface area (Å²) in [5.41, 5.74) is 1.87. The van der Waals surface area contributed by atoms with E-state index in [1.54, 1.807) is 6.20 Å². The molecule has 0 aromatic carbocycles. The average Bonchev–Trinajstić information content (AvgIpc) is 3.33. The van der Waals surface area contributed by atoms with Gasteiger partial charge in [0.05, 0.1) is 24.1 Å². The fourth-order valence-electron chi connectivity index (χ4n) is 3.27.